The summed E-state index contributed by atoms with van der Waals surface area (Å²) in [5.41, 5.74) is 2.32. The van der Waals surface area contributed by atoms with E-state index >= 15 is 0 Å². The Morgan fingerprint density at radius 1 is 0.791 bits per heavy atom. The van der Waals surface area contributed by atoms with Gasteiger partial charge in [0.15, 0.2) is 0 Å². The molecule has 4 rings (SSSR count). The van der Waals surface area contributed by atoms with Crippen LogP contribution in [0.25, 0.3) is 0 Å². The number of carbonyl (C=O) groups is 2. The summed E-state index contributed by atoms with van der Waals surface area (Å²) in [7, 11) is -4.19. The summed E-state index contributed by atoms with van der Waals surface area (Å²) in [6, 6.07) is 29.1. The molecule has 0 spiro atoms. The van der Waals surface area contributed by atoms with Crippen molar-refractivity contribution in [2.45, 2.75) is 44.2 Å². The highest BCUT2D eigenvalue weighted by Gasteiger charge is 2.34. The first kappa shape index (κ1) is 31.4. The van der Waals surface area contributed by atoms with Gasteiger partial charge < -0.3 is 10.2 Å². The van der Waals surface area contributed by atoms with E-state index in [1.807, 2.05) is 49.4 Å². The lowest BCUT2D eigenvalue weighted by Crippen LogP contribution is -2.53. The summed E-state index contributed by atoms with van der Waals surface area (Å²) in [5.74, 6) is -1.59. The molecule has 0 fully saturated rings. The van der Waals surface area contributed by atoms with Crippen LogP contribution in [-0.4, -0.2) is 44.3 Å². The smallest absolute Gasteiger partial charge is 0.264 e. The largest absolute Gasteiger partial charge is 0.355 e. The first-order valence-corrected chi connectivity index (χ1v) is 15.7. The van der Waals surface area contributed by atoms with E-state index in [4.69, 9.17) is 0 Å². The molecule has 7 nitrogen and oxygen atoms in total. The van der Waals surface area contributed by atoms with Gasteiger partial charge in [-0.15, -0.1) is 0 Å². The number of amides is 2. The summed E-state index contributed by atoms with van der Waals surface area (Å²) < 4.78 is 43.9. The number of anilines is 1. The molecule has 0 saturated heterocycles. The Balaban J connectivity index is 1.79. The fourth-order valence-electron chi connectivity index (χ4n) is 4.80. The van der Waals surface area contributed by atoms with E-state index < -0.39 is 40.2 Å². The van der Waals surface area contributed by atoms with Gasteiger partial charge in [-0.05, 0) is 54.8 Å². The monoisotopic (exact) mass is 601 g/mol. The van der Waals surface area contributed by atoms with Gasteiger partial charge in [-0.2, -0.15) is 0 Å². The summed E-state index contributed by atoms with van der Waals surface area (Å²) in [6.45, 7) is 3.26. The molecule has 4 aromatic rings. The van der Waals surface area contributed by atoms with Crippen molar-refractivity contribution in [2.24, 2.45) is 0 Å². The zero-order chi connectivity index (χ0) is 30.8. The number of carbonyl (C=O) groups excluding carboxylic acids is 2. The van der Waals surface area contributed by atoms with Crippen molar-refractivity contribution < 1.29 is 22.4 Å². The van der Waals surface area contributed by atoms with Gasteiger partial charge in [0.1, 0.15) is 18.4 Å². The molecule has 0 heterocycles. The van der Waals surface area contributed by atoms with Crippen molar-refractivity contribution in [1.82, 2.24) is 10.2 Å². The molecule has 4 aromatic carbocycles. The summed E-state index contributed by atoms with van der Waals surface area (Å²) >= 11 is 0. The molecule has 0 unspecified atom stereocenters. The molecule has 0 saturated carbocycles. The zero-order valence-electron chi connectivity index (χ0n) is 24.3. The first-order valence-electron chi connectivity index (χ1n) is 14.3. The Morgan fingerprint density at radius 3 is 2.00 bits per heavy atom. The molecule has 2 amide bonds. The number of halogens is 1. The van der Waals surface area contributed by atoms with Crippen molar-refractivity contribution in [3.63, 3.8) is 0 Å². The van der Waals surface area contributed by atoms with Gasteiger partial charge in [-0.25, -0.2) is 12.8 Å². The van der Waals surface area contributed by atoms with Gasteiger partial charge >= 0.3 is 0 Å². The van der Waals surface area contributed by atoms with E-state index in [2.05, 4.69) is 5.32 Å². The molecule has 0 bridgehead atoms. The lowest BCUT2D eigenvalue weighted by atomic mass is 10.0. The SMILES string of the molecule is CCNC(=O)[C@H](Cc1ccccc1)N(Cc1ccccc1F)C(=O)CN(c1ccc(CC)cc1)S(=O)(=O)c1ccccc1. The molecule has 0 aliphatic rings. The van der Waals surface area contributed by atoms with Crippen LogP contribution in [0.2, 0.25) is 0 Å². The highest BCUT2D eigenvalue weighted by Crippen LogP contribution is 2.26. The van der Waals surface area contributed by atoms with E-state index in [0.29, 0.717) is 12.2 Å². The van der Waals surface area contributed by atoms with Crippen molar-refractivity contribution >= 4 is 27.5 Å². The zero-order valence-corrected chi connectivity index (χ0v) is 25.1. The fourth-order valence-corrected chi connectivity index (χ4v) is 6.24. The molecule has 1 atom stereocenters. The topological polar surface area (TPSA) is 86.8 Å². The van der Waals surface area contributed by atoms with Crippen LogP contribution < -0.4 is 9.62 Å². The third kappa shape index (κ3) is 7.87. The Bertz CT molecular complexity index is 1610. The predicted octanol–water partition coefficient (Wildman–Crippen LogP) is 5.36. The Labute approximate surface area is 253 Å². The van der Waals surface area contributed by atoms with Crippen molar-refractivity contribution in [1.29, 1.82) is 0 Å². The molecule has 1 N–H and O–H groups in total. The molecule has 0 aliphatic carbocycles. The number of nitrogens with one attached hydrogen (secondary N) is 1. The maximum absolute atomic E-state index is 14.9. The lowest BCUT2D eigenvalue weighted by molar-refractivity contribution is -0.140. The number of sulfonamides is 1. The van der Waals surface area contributed by atoms with Crippen molar-refractivity contribution in [3.05, 3.63) is 132 Å². The fraction of sp³-hybridized carbons (Fsp3) is 0.235. The average Bonchev–Trinajstić information content (AvgIpc) is 3.03. The number of likely N-dealkylation sites (N-methyl/N-ethyl adjacent to an activating group) is 1. The van der Waals surface area contributed by atoms with Crippen LogP contribution in [-0.2, 0) is 39.0 Å². The van der Waals surface area contributed by atoms with E-state index in [9.17, 15) is 22.4 Å². The predicted molar refractivity (Wildman–Crippen MR) is 166 cm³/mol. The second kappa shape index (κ2) is 14.6. The molecule has 9 heteroatoms. The normalized spacial score (nSPS) is 11.9. The quantitative estimate of drug-likeness (QED) is 0.224. The van der Waals surface area contributed by atoms with Crippen LogP contribution >= 0.6 is 0 Å². The second-order valence-corrected chi connectivity index (χ2v) is 11.9. The van der Waals surface area contributed by atoms with Crippen LogP contribution in [0.1, 0.15) is 30.5 Å². The minimum Gasteiger partial charge on any atom is -0.355 e. The molecule has 0 radical (unpaired) electrons. The van der Waals surface area contributed by atoms with Crippen LogP contribution in [0.5, 0.6) is 0 Å². The summed E-state index contributed by atoms with van der Waals surface area (Å²) in [4.78, 5) is 29.1. The van der Waals surface area contributed by atoms with E-state index in [1.54, 1.807) is 55.5 Å². The second-order valence-electron chi connectivity index (χ2n) is 10.1. The first-order chi connectivity index (χ1) is 20.7. The maximum Gasteiger partial charge on any atom is 0.264 e. The number of hydrogen-bond acceptors (Lipinski definition) is 4. The molecule has 0 aromatic heterocycles. The highest BCUT2D eigenvalue weighted by atomic mass is 32.2. The number of nitrogens with zero attached hydrogens (tertiary/aromatic N) is 2. The highest BCUT2D eigenvalue weighted by molar-refractivity contribution is 7.92. The average molecular weight is 602 g/mol. The van der Waals surface area contributed by atoms with Gasteiger partial charge in [0.25, 0.3) is 10.0 Å². The van der Waals surface area contributed by atoms with Crippen molar-refractivity contribution in [3.8, 4) is 0 Å². The van der Waals surface area contributed by atoms with Gasteiger partial charge in [0, 0.05) is 25.1 Å². The van der Waals surface area contributed by atoms with Gasteiger partial charge in [0.2, 0.25) is 11.8 Å². The Kier molecular flexibility index (Phi) is 10.7. The van der Waals surface area contributed by atoms with Gasteiger partial charge in [-0.1, -0.05) is 85.8 Å². The summed E-state index contributed by atoms with van der Waals surface area (Å²) in [5, 5.41) is 2.80. The Hall–Kier alpha value is -4.50. The van der Waals surface area contributed by atoms with Crippen LogP contribution in [0.4, 0.5) is 10.1 Å². The van der Waals surface area contributed by atoms with Crippen molar-refractivity contribution in [2.75, 3.05) is 17.4 Å². The molecule has 224 valence electrons. The van der Waals surface area contributed by atoms with E-state index in [1.165, 1.54) is 23.1 Å². The number of rotatable bonds is 13. The van der Waals surface area contributed by atoms with Crippen LogP contribution in [0, 0.1) is 5.82 Å². The minimum absolute atomic E-state index is 0.0209. The van der Waals surface area contributed by atoms with E-state index in [-0.39, 0.29) is 23.4 Å². The third-order valence-corrected chi connectivity index (χ3v) is 8.95. The van der Waals surface area contributed by atoms with Crippen LogP contribution in [0.3, 0.4) is 0 Å². The van der Waals surface area contributed by atoms with E-state index in [0.717, 1.165) is 21.9 Å². The van der Waals surface area contributed by atoms with Crippen LogP contribution in [0.15, 0.2) is 114 Å². The molecule has 43 heavy (non-hydrogen) atoms. The number of aryl methyl sites for hydroxylation is 1. The maximum atomic E-state index is 14.9. The standard InChI is InChI=1S/C34H36FN3O4S/c1-3-26-19-21-29(22-20-26)38(43(41,42)30-16-9-6-10-17-30)25-33(39)37(24-28-15-11-12-18-31(28)35)32(34(40)36-4-2)23-27-13-7-5-8-14-27/h5-22,32H,3-4,23-25H2,1-2H3,(H,36,40)/t32-/m0/s1. The van der Waals surface area contributed by atoms with Gasteiger partial charge in [-0.3, -0.25) is 13.9 Å². The molecule has 0 aliphatic heterocycles. The molecular formula is C34H36FN3O4S. The Morgan fingerprint density at radius 2 is 1.40 bits per heavy atom. The minimum atomic E-state index is -4.19. The summed E-state index contributed by atoms with van der Waals surface area (Å²) in [6.07, 6.45) is 0.915. The lowest BCUT2D eigenvalue weighted by Gasteiger charge is -2.34. The number of hydrogen-bond donors (Lipinski definition) is 1. The number of benzene rings is 4. The molecular weight excluding hydrogens is 565 g/mol. The third-order valence-electron chi connectivity index (χ3n) is 7.16. The van der Waals surface area contributed by atoms with Gasteiger partial charge in [0.05, 0.1) is 10.6 Å².